The summed E-state index contributed by atoms with van der Waals surface area (Å²) in [5.41, 5.74) is 7.00. The van der Waals surface area contributed by atoms with Crippen LogP contribution >= 0.6 is 6.81 Å². The molecule has 0 aliphatic carbocycles. The summed E-state index contributed by atoms with van der Waals surface area (Å²) in [6.07, 6.45) is 3.03. The summed E-state index contributed by atoms with van der Waals surface area (Å²) in [6, 6.07) is 0. The summed E-state index contributed by atoms with van der Waals surface area (Å²) in [5.74, 6) is 2.99. The Balaban J connectivity index is 2.27. The van der Waals surface area contributed by atoms with Crippen LogP contribution in [-0.4, -0.2) is 25.6 Å². The fraction of sp³-hybridized carbons (Fsp3) is 0.333. The molecule has 0 amide bonds. The maximum atomic E-state index is 5.70. The van der Waals surface area contributed by atoms with E-state index < -0.39 is 0 Å². The molecule has 1 atom stereocenters. The van der Waals surface area contributed by atoms with Gasteiger partial charge in [-0.2, -0.15) is 0 Å². The summed E-state index contributed by atoms with van der Waals surface area (Å²) in [7, 11) is 0. The third-order valence-electron chi connectivity index (χ3n) is 2.17. The fourth-order valence-corrected chi connectivity index (χ4v) is 1.81. The molecule has 0 saturated carbocycles. The molecule has 2 N–H and O–H groups in total. The average Bonchev–Trinajstić information content (AvgIpc) is 2.71. The number of nitrogen functional groups attached to an aromatic ring is 1. The minimum atomic E-state index is -0.0564. The number of nitrogens with two attached hydrogens (primary N) is 1. The molecule has 0 saturated heterocycles. The molecule has 2 aromatic heterocycles. The van der Waals surface area contributed by atoms with Crippen molar-refractivity contribution in [3.8, 4) is 5.81 Å². The van der Waals surface area contributed by atoms with Crippen LogP contribution in [0.15, 0.2) is 12.7 Å². The summed E-state index contributed by atoms with van der Waals surface area (Å²) in [6.45, 7) is 3.09. The van der Waals surface area contributed by atoms with E-state index in [0.29, 0.717) is 30.3 Å². The molecule has 88 valence electrons. The molecule has 2 aromatic rings. The van der Waals surface area contributed by atoms with E-state index in [1.807, 2.05) is 11.5 Å². The van der Waals surface area contributed by atoms with E-state index in [4.69, 9.17) is 22.3 Å². The first-order valence-electron chi connectivity index (χ1n) is 4.86. The quantitative estimate of drug-likeness (QED) is 0.840. The first-order chi connectivity index (χ1) is 8.22. The molecule has 0 spiro atoms. The topological polar surface area (TPSA) is 78.9 Å². The van der Waals surface area contributed by atoms with Crippen molar-refractivity contribution in [1.82, 2.24) is 19.5 Å². The van der Waals surface area contributed by atoms with Gasteiger partial charge in [0.15, 0.2) is 0 Å². The predicted molar refractivity (Wildman–Crippen MR) is 68.5 cm³/mol. The number of aromatic nitrogens is 4. The molecule has 6 nitrogen and oxygen atoms in total. The monoisotopic (exact) mass is 267 g/mol. The minimum absolute atomic E-state index is 0.0564. The zero-order chi connectivity index (χ0) is 12.3. The molecule has 0 aromatic carbocycles. The number of imidazole rings is 1. The Morgan fingerprint density at radius 3 is 3.18 bits per heavy atom. The van der Waals surface area contributed by atoms with Gasteiger partial charge in [-0.05, 0) is 0 Å². The molecule has 2 heterocycles. The molecule has 0 radical (unpaired) electrons. The normalized spacial score (nSPS) is 12.3. The molecule has 0 unspecified atom stereocenters. The third-order valence-corrected chi connectivity index (χ3v) is 2.58. The van der Waals surface area contributed by atoms with Crippen LogP contribution in [0.25, 0.3) is 11.2 Å². The number of fused-ring (bicyclic) bond motifs is 1. The van der Waals surface area contributed by atoms with E-state index in [0.717, 1.165) is 0 Å². The van der Waals surface area contributed by atoms with E-state index in [1.165, 1.54) is 6.33 Å². The molecular formula is C9H10N5OPS. The van der Waals surface area contributed by atoms with Gasteiger partial charge in [0.1, 0.15) is 0 Å². The van der Waals surface area contributed by atoms with Gasteiger partial charge in [-0.15, -0.1) is 0 Å². The van der Waals surface area contributed by atoms with Crippen LogP contribution in [0.3, 0.4) is 0 Å². The second-order valence-electron chi connectivity index (χ2n) is 3.44. The Labute approximate surface area is 104 Å². The van der Waals surface area contributed by atoms with Gasteiger partial charge in [0.25, 0.3) is 0 Å². The van der Waals surface area contributed by atoms with Gasteiger partial charge >= 0.3 is 104 Å². The van der Waals surface area contributed by atoms with E-state index in [2.05, 4.69) is 20.8 Å². The molecule has 8 heteroatoms. The van der Waals surface area contributed by atoms with Gasteiger partial charge in [0.05, 0.1) is 0 Å². The molecule has 0 aliphatic heterocycles. The van der Waals surface area contributed by atoms with E-state index in [-0.39, 0.29) is 6.10 Å². The van der Waals surface area contributed by atoms with Crippen LogP contribution in [0.2, 0.25) is 0 Å². The second-order valence-corrected chi connectivity index (χ2v) is 4.35. The Hall–Kier alpha value is -1.26. The van der Waals surface area contributed by atoms with Crippen LogP contribution in [0, 0.1) is 5.81 Å². The summed E-state index contributed by atoms with van der Waals surface area (Å²) in [5, 5.41) is 0. The Morgan fingerprint density at radius 1 is 1.59 bits per heavy atom. The number of anilines is 1. The van der Waals surface area contributed by atoms with E-state index in [1.54, 1.807) is 6.33 Å². The van der Waals surface area contributed by atoms with Crippen LogP contribution in [0.1, 0.15) is 6.92 Å². The van der Waals surface area contributed by atoms with Crippen LogP contribution in [-0.2, 0) is 23.1 Å². The molecular weight excluding hydrogens is 257 g/mol. The number of ether oxygens (including phenoxy) is 1. The molecule has 2 rings (SSSR count). The molecule has 0 aliphatic rings. The maximum absolute atomic E-state index is 5.70. The Bertz CT molecular complexity index is 637. The number of nitrogens with zero attached hydrogens (tertiary/aromatic N) is 4. The summed E-state index contributed by atoms with van der Waals surface area (Å²) >= 11 is 4.69. The zero-order valence-electron chi connectivity index (χ0n) is 9.07. The van der Waals surface area contributed by atoms with Crippen molar-refractivity contribution in [2.45, 2.75) is 19.6 Å². The average molecular weight is 267 g/mol. The third kappa shape index (κ3) is 2.70. The van der Waals surface area contributed by atoms with Crippen molar-refractivity contribution >= 4 is 35.6 Å². The first kappa shape index (κ1) is 12.2. The van der Waals surface area contributed by atoms with Crippen molar-refractivity contribution in [3.05, 3.63) is 12.7 Å². The molecule has 17 heavy (non-hydrogen) atoms. The van der Waals surface area contributed by atoms with Crippen LogP contribution in [0.4, 0.5) is 5.82 Å². The zero-order valence-corrected chi connectivity index (χ0v) is 10.8. The summed E-state index contributed by atoms with van der Waals surface area (Å²) in [4.78, 5) is 12.2. The van der Waals surface area contributed by atoms with Gasteiger partial charge in [0, 0.05) is 0 Å². The Morgan fingerprint density at radius 2 is 2.41 bits per heavy atom. The number of rotatable bonds is 3. The first-order valence-corrected chi connectivity index (χ1v) is 6.77. The van der Waals surface area contributed by atoms with Crippen molar-refractivity contribution in [2.24, 2.45) is 0 Å². The van der Waals surface area contributed by atoms with Gasteiger partial charge in [-0.3, -0.25) is 0 Å². The molecule has 0 bridgehead atoms. The van der Waals surface area contributed by atoms with Crippen LogP contribution in [0.5, 0.6) is 0 Å². The van der Waals surface area contributed by atoms with Gasteiger partial charge in [-0.1, -0.05) is 0 Å². The predicted octanol–water partition coefficient (Wildman–Crippen LogP) is 1.14. The fourth-order valence-electron chi connectivity index (χ4n) is 1.46. The standard InChI is InChI=1S/C9H10N5OPS/c1-6(15-5-16-17)2-14-4-13-7-8(10)11-3-12-9(7)14/h3-4,6H,2H2,1H3,(H2,10,11,12)/t6-/m1/s1. The SMILES string of the molecule is C[C@H](Cn1cnc2c(N)ncnc21)OC#P=S. The van der Waals surface area contributed by atoms with Gasteiger partial charge < -0.3 is 0 Å². The van der Waals surface area contributed by atoms with E-state index in [9.17, 15) is 0 Å². The van der Waals surface area contributed by atoms with Crippen molar-refractivity contribution in [2.75, 3.05) is 5.73 Å². The number of hydrogen-bond donors (Lipinski definition) is 1. The Kier molecular flexibility index (Phi) is 3.86. The van der Waals surface area contributed by atoms with Gasteiger partial charge in [0.2, 0.25) is 0 Å². The molecule has 0 fully saturated rings. The van der Waals surface area contributed by atoms with Crippen molar-refractivity contribution in [3.63, 3.8) is 0 Å². The number of hydrogen-bond acceptors (Lipinski definition) is 6. The van der Waals surface area contributed by atoms with Crippen molar-refractivity contribution < 1.29 is 4.74 Å². The van der Waals surface area contributed by atoms with E-state index >= 15 is 0 Å². The van der Waals surface area contributed by atoms with Crippen LogP contribution < -0.4 is 5.73 Å². The van der Waals surface area contributed by atoms with Crippen molar-refractivity contribution in [1.29, 1.82) is 0 Å². The van der Waals surface area contributed by atoms with Gasteiger partial charge in [-0.25, -0.2) is 0 Å². The summed E-state index contributed by atoms with van der Waals surface area (Å²) < 4.78 is 7.11. The second kappa shape index (κ2) is 5.38.